The molecule has 0 aromatic carbocycles. The zero-order chi connectivity index (χ0) is 10.9. The fourth-order valence-corrected chi connectivity index (χ4v) is 1.74. The summed E-state index contributed by atoms with van der Waals surface area (Å²) >= 11 is 0. The Morgan fingerprint density at radius 1 is 1.57 bits per heavy atom. The molecule has 0 saturated carbocycles. The lowest BCUT2D eigenvalue weighted by Gasteiger charge is -2.37. The van der Waals surface area contributed by atoms with Gasteiger partial charge in [-0.3, -0.25) is 0 Å². The first-order valence-electron chi connectivity index (χ1n) is 4.90. The summed E-state index contributed by atoms with van der Waals surface area (Å²) in [6.45, 7) is 11.2. The molecule has 2 unspecified atom stereocenters. The zero-order valence-corrected chi connectivity index (χ0v) is 9.32. The molecule has 0 aromatic rings. The highest BCUT2D eigenvalue weighted by atomic mass is 19.1. The van der Waals surface area contributed by atoms with Crippen LogP contribution >= 0.6 is 0 Å². The van der Waals surface area contributed by atoms with Crippen LogP contribution in [-0.4, -0.2) is 5.79 Å². The van der Waals surface area contributed by atoms with Crippen LogP contribution in [0.2, 0.25) is 0 Å². The third-order valence-electron chi connectivity index (χ3n) is 2.91. The van der Waals surface area contributed by atoms with Crippen LogP contribution < -0.4 is 5.32 Å². The van der Waals surface area contributed by atoms with Crippen LogP contribution in [0.15, 0.2) is 35.6 Å². The number of halogens is 1. The van der Waals surface area contributed by atoms with Crippen LogP contribution in [0, 0.1) is 5.92 Å². The Labute approximate surface area is 85.4 Å². The lowest BCUT2D eigenvalue weighted by Crippen LogP contribution is -2.47. The van der Waals surface area contributed by atoms with Crippen LogP contribution in [0.3, 0.4) is 0 Å². The van der Waals surface area contributed by atoms with Gasteiger partial charge in [0.2, 0.25) is 0 Å². The van der Waals surface area contributed by atoms with E-state index in [0.29, 0.717) is 5.70 Å². The predicted molar refractivity (Wildman–Crippen MR) is 58.5 cm³/mol. The molecule has 0 amide bonds. The average molecular weight is 195 g/mol. The maximum absolute atomic E-state index is 14.0. The molecule has 0 aromatic heterocycles. The standard InChI is InChI=1S/C12H18FN/c1-6-7-11-8(2)10(4)14-12(5,13)9(11)3/h6-7,9,14H,4H2,1-3,5H3/b7-6-. The van der Waals surface area contributed by atoms with E-state index in [9.17, 15) is 4.39 Å². The largest absolute Gasteiger partial charge is 0.354 e. The molecule has 0 saturated heterocycles. The van der Waals surface area contributed by atoms with E-state index >= 15 is 0 Å². The van der Waals surface area contributed by atoms with Crippen LogP contribution in [0.1, 0.15) is 27.7 Å². The Morgan fingerprint density at radius 2 is 2.14 bits per heavy atom. The number of hydrogen-bond donors (Lipinski definition) is 1. The van der Waals surface area contributed by atoms with Gasteiger partial charge in [-0.25, -0.2) is 4.39 Å². The fraction of sp³-hybridized carbons (Fsp3) is 0.500. The molecule has 0 fully saturated rings. The molecule has 0 aliphatic carbocycles. The van der Waals surface area contributed by atoms with E-state index in [-0.39, 0.29) is 5.92 Å². The van der Waals surface area contributed by atoms with Crippen molar-refractivity contribution in [1.29, 1.82) is 0 Å². The molecule has 1 aliphatic heterocycles. The molecule has 1 aliphatic rings. The van der Waals surface area contributed by atoms with Gasteiger partial charge >= 0.3 is 0 Å². The third kappa shape index (κ3) is 1.74. The number of allylic oxidation sites excluding steroid dienone is 3. The Morgan fingerprint density at radius 3 is 2.64 bits per heavy atom. The second-order valence-electron chi connectivity index (χ2n) is 3.98. The number of nitrogens with one attached hydrogen (secondary N) is 1. The van der Waals surface area contributed by atoms with Crippen molar-refractivity contribution >= 4 is 0 Å². The average Bonchev–Trinajstić information content (AvgIpc) is 2.09. The van der Waals surface area contributed by atoms with E-state index in [1.165, 1.54) is 0 Å². The van der Waals surface area contributed by atoms with Gasteiger partial charge in [-0.05, 0) is 31.9 Å². The van der Waals surface area contributed by atoms with Crippen molar-refractivity contribution in [2.75, 3.05) is 0 Å². The molecule has 1 rings (SSSR count). The summed E-state index contributed by atoms with van der Waals surface area (Å²) < 4.78 is 14.0. The fourth-order valence-electron chi connectivity index (χ4n) is 1.74. The maximum Gasteiger partial charge on any atom is 0.184 e. The highest BCUT2D eigenvalue weighted by Gasteiger charge is 2.37. The molecule has 14 heavy (non-hydrogen) atoms. The van der Waals surface area contributed by atoms with Crippen molar-refractivity contribution in [2.24, 2.45) is 5.92 Å². The summed E-state index contributed by atoms with van der Waals surface area (Å²) in [4.78, 5) is 0. The van der Waals surface area contributed by atoms with Crippen molar-refractivity contribution in [3.05, 3.63) is 35.6 Å². The first kappa shape index (κ1) is 11.0. The lowest BCUT2D eigenvalue weighted by atomic mass is 9.84. The van der Waals surface area contributed by atoms with Crippen molar-refractivity contribution < 1.29 is 4.39 Å². The van der Waals surface area contributed by atoms with Gasteiger partial charge in [-0.1, -0.05) is 25.7 Å². The zero-order valence-electron chi connectivity index (χ0n) is 9.32. The maximum atomic E-state index is 14.0. The summed E-state index contributed by atoms with van der Waals surface area (Å²) in [6.07, 6.45) is 3.90. The highest BCUT2D eigenvalue weighted by molar-refractivity contribution is 5.42. The van der Waals surface area contributed by atoms with Crippen LogP contribution in [0.25, 0.3) is 0 Å². The summed E-state index contributed by atoms with van der Waals surface area (Å²) in [5, 5.41) is 2.79. The van der Waals surface area contributed by atoms with Gasteiger partial charge in [-0.2, -0.15) is 0 Å². The second kappa shape index (κ2) is 3.60. The minimum absolute atomic E-state index is 0.149. The monoisotopic (exact) mass is 195 g/mol. The molecule has 1 nitrogen and oxygen atoms in total. The topological polar surface area (TPSA) is 12.0 Å². The van der Waals surface area contributed by atoms with Gasteiger partial charge in [0.25, 0.3) is 0 Å². The van der Waals surface area contributed by atoms with Crippen LogP contribution in [-0.2, 0) is 0 Å². The minimum Gasteiger partial charge on any atom is -0.354 e. The van der Waals surface area contributed by atoms with E-state index in [1.807, 2.05) is 32.9 Å². The molecular formula is C12H18FN. The van der Waals surface area contributed by atoms with E-state index in [1.54, 1.807) is 6.92 Å². The summed E-state index contributed by atoms with van der Waals surface area (Å²) in [7, 11) is 0. The number of hydrogen-bond acceptors (Lipinski definition) is 1. The van der Waals surface area contributed by atoms with E-state index < -0.39 is 5.79 Å². The summed E-state index contributed by atoms with van der Waals surface area (Å²) in [6, 6.07) is 0. The van der Waals surface area contributed by atoms with E-state index in [0.717, 1.165) is 11.1 Å². The van der Waals surface area contributed by atoms with Gasteiger partial charge in [0.05, 0.1) is 0 Å². The van der Waals surface area contributed by atoms with E-state index in [4.69, 9.17) is 0 Å². The predicted octanol–water partition coefficient (Wildman–Crippen LogP) is 3.32. The first-order chi connectivity index (χ1) is 6.40. The van der Waals surface area contributed by atoms with E-state index in [2.05, 4.69) is 11.9 Å². The smallest absolute Gasteiger partial charge is 0.184 e. The molecule has 0 spiro atoms. The normalized spacial score (nSPS) is 33.8. The van der Waals surface area contributed by atoms with Crippen molar-refractivity contribution in [3.63, 3.8) is 0 Å². The van der Waals surface area contributed by atoms with Crippen molar-refractivity contribution in [2.45, 2.75) is 33.5 Å². The lowest BCUT2D eigenvalue weighted by molar-refractivity contribution is 0.0979. The Kier molecular flexibility index (Phi) is 2.84. The molecular weight excluding hydrogens is 177 g/mol. The second-order valence-corrected chi connectivity index (χ2v) is 3.98. The molecule has 2 heteroatoms. The van der Waals surface area contributed by atoms with Crippen molar-refractivity contribution in [1.82, 2.24) is 5.32 Å². The molecule has 0 bridgehead atoms. The Hall–Kier alpha value is -1.05. The van der Waals surface area contributed by atoms with Gasteiger partial charge in [-0.15, -0.1) is 0 Å². The SMILES string of the molecule is C=C1NC(C)(F)C(C)C(/C=C\C)=C1C. The van der Waals surface area contributed by atoms with Crippen LogP contribution in [0.5, 0.6) is 0 Å². The molecule has 2 atom stereocenters. The molecule has 1 heterocycles. The first-order valence-corrected chi connectivity index (χ1v) is 4.90. The summed E-state index contributed by atoms with van der Waals surface area (Å²) in [5.41, 5.74) is 2.76. The highest BCUT2D eigenvalue weighted by Crippen LogP contribution is 2.35. The molecule has 0 radical (unpaired) electrons. The number of alkyl halides is 1. The summed E-state index contributed by atoms with van der Waals surface area (Å²) in [5.74, 6) is -1.55. The Balaban J connectivity index is 3.19. The molecule has 78 valence electrons. The Bertz CT molecular complexity index is 310. The number of rotatable bonds is 1. The van der Waals surface area contributed by atoms with Gasteiger partial charge < -0.3 is 5.32 Å². The van der Waals surface area contributed by atoms with Crippen LogP contribution in [0.4, 0.5) is 4.39 Å². The third-order valence-corrected chi connectivity index (χ3v) is 2.91. The molecule has 1 N–H and O–H groups in total. The van der Waals surface area contributed by atoms with Gasteiger partial charge in [0.1, 0.15) is 0 Å². The van der Waals surface area contributed by atoms with Crippen molar-refractivity contribution in [3.8, 4) is 0 Å². The quantitative estimate of drug-likeness (QED) is 0.633. The van der Waals surface area contributed by atoms with Gasteiger partial charge in [0.15, 0.2) is 5.79 Å². The minimum atomic E-state index is -1.40. The van der Waals surface area contributed by atoms with Gasteiger partial charge in [0, 0.05) is 11.6 Å².